The van der Waals surface area contributed by atoms with Crippen LogP contribution >= 0.6 is 0 Å². The molecule has 0 aliphatic carbocycles. The summed E-state index contributed by atoms with van der Waals surface area (Å²) in [4.78, 5) is 23.7. The lowest BCUT2D eigenvalue weighted by atomic mass is 9.95. The Morgan fingerprint density at radius 2 is 1.52 bits per heavy atom. The first kappa shape index (κ1) is 22.8. The van der Waals surface area contributed by atoms with Gasteiger partial charge in [0.15, 0.2) is 11.5 Å². The Kier molecular flexibility index (Phi) is 9.12. The summed E-state index contributed by atoms with van der Waals surface area (Å²) in [6.07, 6.45) is 1.34. The molecule has 0 radical (unpaired) electrons. The van der Waals surface area contributed by atoms with Gasteiger partial charge in [0, 0.05) is 12.3 Å². The predicted molar refractivity (Wildman–Crippen MR) is 104 cm³/mol. The van der Waals surface area contributed by atoms with Crippen LogP contribution in [0.4, 0.5) is 0 Å². The summed E-state index contributed by atoms with van der Waals surface area (Å²) in [5.74, 6) is 0.803. The molecule has 0 aromatic heterocycles. The fourth-order valence-corrected chi connectivity index (χ4v) is 2.60. The van der Waals surface area contributed by atoms with Crippen molar-refractivity contribution in [3.63, 3.8) is 0 Å². The summed E-state index contributed by atoms with van der Waals surface area (Å²) < 4.78 is 22.4. The summed E-state index contributed by atoms with van der Waals surface area (Å²) in [5.41, 5.74) is 0.181. The largest absolute Gasteiger partial charge is 0.490 e. The van der Waals surface area contributed by atoms with E-state index in [1.54, 1.807) is 12.1 Å². The fourth-order valence-electron chi connectivity index (χ4n) is 2.60. The predicted octanol–water partition coefficient (Wildman–Crippen LogP) is 4.29. The van der Waals surface area contributed by atoms with Crippen molar-refractivity contribution in [2.45, 2.75) is 65.9 Å². The molecule has 0 heterocycles. The van der Waals surface area contributed by atoms with Gasteiger partial charge in [-0.2, -0.15) is 0 Å². The van der Waals surface area contributed by atoms with E-state index < -0.39 is 11.5 Å². The Morgan fingerprint density at radius 3 is 1.93 bits per heavy atom. The van der Waals surface area contributed by atoms with Gasteiger partial charge in [0.25, 0.3) is 0 Å². The Labute approximate surface area is 162 Å². The van der Waals surface area contributed by atoms with E-state index in [1.165, 1.54) is 0 Å². The number of ether oxygens (including phenoxy) is 4. The van der Waals surface area contributed by atoms with Crippen molar-refractivity contribution in [1.29, 1.82) is 0 Å². The minimum atomic E-state index is -0.544. The summed E-state index contributed by atoms with van der Waals surface area (Å²) >= 11 is 0. The molecule has 0 fully saturated rings. The molecule has 1 atom stereocenters. The van der Waals surface area contributed by atoms with Gasteiger partial charge in [0.05, 0.1) is 19.8 Å². The van der Waals surface area contributed by atoms with E-state index in [9.17, 15) is 9.59 Å². The van der Waals surface area contributed by atoms with Gasteiger partial charge in [-0.15, -0.1) is 0 Å². The molecule has 1 unspecified atom stereocenters. The number of benzene rings is 1. The monoisotopic (exact) mass is 380 g/mol. The van der Waals surface area contributed by atoms with Crippen LogP contribution in [0, 0.1) is 0 Å². The molecular weight excluding hydrogens is 348 g/mol. The van der Waals surface area contributed by atoms with Crippen molar-refractivity contribution < 1.29 is 28.5 Å². The van der Waals surface area contributed by atoms with Crippen LogP contribution in [0.5, 0.6) is 17.2 Å². The van der Waals surface area contributed by atoms with Crippen LogP contribution in [0.3, 0.4) is 0 Å². The van der Waals surface area contributed by atoms with Gasteiger partial charge in [-0.25, -0.2) is 0 Å². The van der Waals surface area contributed by atoms with Gasteiger partial charge in [-0.1, -0.05) is 0 Å². The highest BCUT2D eigenvalue weighted by atomic mass is 16.6. The van der Waals surface area contributed by atoms with Crippen molar-refractivity contribution >= 4 is 12.3 Å². The third-order valence-corrected chi connectivity index (χ3v) is 3.60. The van der Waals surface area contributed by atoms with Gasteiger partial charge in [0.2, 0.25) is 5.75 Å². The molecule has 1 aromatic carbocycles. The zero-order valence-corrected chi connectivity index (χ0v) is 17.3. The molecule has 0 aliphatic rings. The number of carbonyl (C=O) groups excluding carboxylic acids is 2. The third-order valence-electron chi connectivity index (χ3n) is 3.60. The third kappa shape index (κ3) is 7.49. The average Bonchev–Trinajstić information content (AvgIpc) is 2.57. The number of aldehydes is 1. The minimum absolute atomic E-state index is 0.155. The van der Waals surface area contributed by atoms with Gasteiger partial charge in [0.1, 0.15) is 11.9 Å². The van der Waals surface area contributed by atoms with Crippen molar-refractivity contribution in [1.82, 2.24) is 0 Å². The zero-order valence-electron chi connectivity index (χ0n) is 17.3. The van der Waals surface area contributed by atoms with E-state index in [1.807, 2.05) is 41.5 Å². The normalized spacial score (nSPS) is 12.2. The maximum Gasteiger partial charge on any atom is 0.306 e. The van der Waals surface area contributed by atoms with Crippen LogP contribution in [-0.2, 0) is 14.3 Å². The van der Waals surface area contributed by atoms with E-state index in [4.69, 9.17) is 18.9 Å². The standard InChI is InChI=1S/C21H32O6/c1-7-24-17-12-16(13-18(25-8-2)20(17)26-9-3)15(14-22)10-11-19(23)27-21(4,5)6/h12-15H,7-11H2,1-6H3. The number of carbonyl (C=O) groups is 2. The first-order valence-corrected chi connectivity index (χ1v) is 9.49. The minimum Gasteiger partial charge on any atom is -0.490 e. The van der Waals surface area contributed by atoms with Crippen LogP contribution < -0.4 is 14.2 Å². The molecule has 0 saturated carbocycles. The summed E-state index contributed by atoms with van der Waals surface area (Å²) in [6, 6.07) is 3.57. The Morgan fingerprint density at radius 1 is 1.00 bits per heavy atom. The van der Waals surface area contributed by atoms with E-state index in [-0.39, 0.29) is 12.4 Å². The lowest BCUT2D eigenvalue weighted by molar-refractivity contribution is -0.154. The smallest absolute Gasteiger partial charge is 0.306 e. The van der Waals surface area contributed by atoms with Crippen LogP contribution in [0.2, 0.25) is 0 Å². The number of rotatable bonds is 11. The Bertz CT molecular complexity index is 591. The second-order valence-corrected chi connectivity index (χ2v) is 7.01. The van der Waals surface area contributed by atoms with E-state index in [2.05, 4.69) is 0 Å². The second kappa shape index (κ2) is 10.8. The van der Waals surface area contributed by atoms with Gasteiger partial charge in [-0.3, -0.25) is 4.79 Å². The molecular formula is C21H32O6. The topological polar surface area (TPSA) is 71.1 Å². The highest BCUT2D eigenvalue weighted by Crippen LogP contribution is 2.41. The molecule has 1 rings (SSSR count). The molecule has 0 saturated heterocycles. The van der Waals surface area contributed by atoms with E-state index >= 15 is 0 Å². The maximum atomic E-state index is 12.0. The molecule has 6 heteroatoms. The maximum absolute atomic E-state index is 12.0. The van der Waals surface area contributed by atoms with Crippen LogP contribution in [0.25, 0.3) is 0 Å². The van der Waals surface area contributed by atoms with Gasteiger partial charge in [-0.05, 0) is 65.7 Å². The van der Waals surface area contributed by atoms with E-state index in [0.717, 1.165) is 11.8 Å². The van der Waals surface area contributed by atoms with Crippen molar-refractivity contribution in [3.8, 4) is 17.2 Å². The lowest BCUT2D eigenvalue weighted by Gasteiger charge is -2.21. The fraction of sp³-hybridized carbons (Fsp3) is 0.619. The van der Waals surface area contributed by atoms with Crippen LogP contribution in [0.15, 0.2) is 12.1 Å². The van der Waals surface area contributed by atoms with Crippen LogP contribution in [-0.4, -0.2) is 37.7 Å². The quantitative estimate of drug-likeness (QED) is 0.421. The summed E-state index contributed by atoms with van der Waals surface area (Å²) in [5, 5.41) is 0. The molecule has 0 bridgehead atoms. The first-order valence-electron chi connectivity index (χ1n) is 9.49. The van der Waals surface area contributed by atoms with Crippen molar-refractivity contribution in [2.24, 2.45) is 0 Å². The molecule has 27 heavy (non-hydrogen) atoms. The average molecular weight is 380 g/mol. The zero-order chi connectivity index (χ0) is 20.4. The summed E-state index contributed by atoms with van der Waals surface area (Å²) in [7, 11) is 0. The first-order chi connectivity index (χ1) is 12.8. The summed E-state index contributed by atoms with van der Waals surface area (Å²) in [6.45, 7) is 12.5. The van der Waals surface area contributed by atoms with Crippen LogP contribution in [0.1, 0.15) is 65.9 Å². The van der Waals surface area contributed by atoms with Gasteiger partial charge < -0.3 is 23.7 Å². The van der Waals surface area contributed by atoms with Gasteiger partial charge >= 0.3 is 5.97 Å². The SMILES string of the molecule is CCOc1cc(C(C=O)CCC(=O)OC(C)(C)C)cc(OCC)c1OCC. The highest BCUT2D eigenvalue weighted by molar-refractivity contribution is 5.72. The number of hydrogen-bond acceptors (Lipinski definition) is 6. The molecule has 1 aromatic rings. The molecule has 0 spiro atoms. The molecule has 0 N–H and O–H groups in total. The molecule has 6 nitrogen and oxygen atoms in total. The van der Waals surface area contributed by atoms with Crippen molar-refractivity contribution in [3.05, 3.63) is 17.7 Å². The molecule has 0 amide bonds. The Balaban J connectivity index is 3.09. The second-order valence-electron chi connectivity index (χ2n) is 7.01. The lowest BCUT2D eigenvalue weighted by Crippen LogP contribution is -2.24. The molecule has 152 valence electrons. The number of esters is 1. The highest BCUT2D eigenvalue weighted by Gasteiger charge is 2.22. The Hall–Kier alpha value is -2.24. The van der Waals surface area contributed by atoms with Crippen molar-refractivity contribution in [2.75, 3.05) is 19.8 Å². The van der Waals surface area contributed by atoms with E-state index in [0.29, 0.717) is 43.5 Å². The number of hydrogen-bond donors (Lipinski definition) is 0. The molecule has 0 aliphatic heterocycles.